The quantitative estimate of drug-likeness (QED) is 0.672. The molecule has 1 aliphatic heterocycles. The zero-order valence-electron chi connectivity index (χ0n) is 16.8. The first-order valence-corrected chi connectivity index (χ1v) is 10.8. The van der Waals surface area contributed by atoms with Gasteiger partial charge in [-0.3, -0.25) is 14.6 Å². The van der Waals surface area contributed by atoms with Crippen LogP contribution in [0.3, 0.4) is 0 Å². The molecular formula is C23H23Cl2N3O2. The van der Waals surface area contributed by atoms with Crippen molar-refractivity contribution in [3.63, 3.8) is 0 Å². The number of nitrogens with zero attached hydrogens (tertiary/aromatic N) is 2. The first-order valence-electron chi connectivity index (χ1n) is 10.1. The maximum atomic E-state index is 12.7. The Balaban J connectivity index is 1.37. The van der Waals surface area contributed by atoms with Crippen LogP contribution in [0.15, 0.2) is 37.0 Å². The molecule has 1 aliphatic carbocycles. The van der Waals surface area contributed by atoms with Crippen molar-refractivity contribution in [3.8, 4) is 0 Å². The Hall–Kier alpha value is -2.37. The third-order valence-electron chi connectivity index (χ3n) is 6.01. The number of nitrogens with one attached hydrogen (secondary N) is 1. The Morgan fingerprint density at radius 3 is 2.73 bits per heavy atom. The zero-order chi connectivity index (χ0) is 21.4. The molecule has 1 aromatic heterocycles. The molecule has 2 amide bonds. The number of fused-ring (bicyclic) bond motifs is 1. The predicted molar refractivity (Wildman–Crippen MR) is 120 cm³/mol. The first kappa shape index (κ1) is 20.9. The van der Waals surface area contributed by atoms with Crippen molar-refractivity contribution < 1.29 is 9.59 Å². The van der Waals surface area contributed by atoms with Crippen LogP contribution in [0.5, 0.6) is 0 Å². The average Bonchev–Trinajstić information content (AvgIpc) is 2.97. The minimum Gasteiger partial charge on any atom is -0.349 e. The molecule has 0 bridgehead atoms. The van der Waals surface area contributed by atoms with Crippen molar-refractivity contribution in [2.24, 2.45) is 5.92 Å². The molecule has 1 fully saturated rings. The molecule has 0 unspecified atom stereocenters. The number of carbonyl (C=O) groups is 2. The number of pyridine rings is 1. The lowest BCUT2D eigenvalue weighted by molar-refractivity contribution is -0.113. The average molecular weight is 444 g/mol. The van der Waals surface area contributed by atoms with E-state index < -0.39 is 0 Å². The second-order valence-electron chi connectivity index (χ2n) is 8.01. The van der Waals surface area contributed by atoms with E-state index in [0.29, 0.717) is 39.3 Å². The van der Waals surface area contributed by atoms with Crippen LogP contribution in [0, 0.1) is 12.8 Å². The summed E-state index contributed by atoms with van der Waals surface area (Å²) in [4.78, 5) is 31.2. The van der Waals surface area contributed by atoms with Gasteiger partial charge in [0.2, 0.25) is 0 Å². The highest BCUT2D eigenvalue weighted by Gasteiger charge is 2.35. The van der Waals surface area contributed by atoms with Crippen LogP contribution in [-0.4, -0.2) is 29.4 Å². The maximum Gasteiger partial charge on any atom is 0.258 e. The van der Waals surface area contributed by atoms with Crippen LogP contribution in [0.4, 0.5) is 5.69 Å². The maximum absolute atomic E-state index is 12.7. The summed E-state index contributed by atoms with van der Waals surface area (Å²) < 4.78 is 0. The summed E-state index contributed by atoms with van der Waals surface area (Å²) in [7, 11) is 0. The Kier molecular flexibility index (Phi) is 5.85. The minimum atomic E-state index is -0.141. The number of benzene rings is 1. The number of rotatable bonds is 4. The van der Waals surface area contributed by atoms with E-state index in [1.165, 1.54) is 6.20 Å². The van der Waals surface area contributed by atoms with Crippen LogP contribution in [-0.2, 0) is 4.79 Å². The van der Waals surface area contributed by atoms with E-state index in [9.17, 15) is 9.59 Å². The van der Waals surface area contributed by atoms with Gasteiger partial charge in [0.1, 0.15) is 0 Å². The zero-order valence-corrected chi connectivity index (χ0v) is 18.3. The van der Waals surface area contributed by atoms with Crippen molar-refractivity contribution in [2.45, 2.75) is 38.6 Å². The molecule has 1 aromatic carbocycles. The summed E-state index contributed by atoms with van der Waals surface area (Å²) >= 11 is 12.4. The van der Waals surface area contributed by atoms with Crippen LogP contribution in [0.2, 0.25) is 10.0 Å². The standard InChI is InChI=1S/C23H23Cl2N3O2/c1-13-18-4-3-5-20(25)21(18)28(23(13)30)12-15-6-8-17(9-7-15)27-22(29)19-10-16(24)11-26-14(19)2/h3-5,10-11,15,17H,1,6-9,12H2,2H3,(H,27,29)/t15-,17-. The number of hydrogen-bond acceptors (Lipinski definition) is 3. The highest BCUT2D eigenvalue weighted by Crippen LogP contribution is 2.42. The number of hydrogen-bond donors (Lipinski definition) is 1. The molecule has 7 heteroatoms. The van der Waals surface area contributed by atoms with Gasteiger partial charge in [0, 0.05) is 29.9 Å². The normalized spacial score (nSPS) is 21.0. The molecule has 5 nitrogen and oxygen atoms in total. The van der Waals surface area contributed by atoms with Gasteiger partial charge in [-0.2, -0.15) is 0 Å². The molecule has 0 radical (unpaired) electrons. The monoisotopic (exact) mass is 443 g/mol. The fourth-order valence-corrected chi connectivity index (χ4v) is 4.77. The van der Waals surface area contributed by atoms with Crippen molar-refractivity contribution in [2.75, 3.05) is 11.4 Å². The number of anilines is 1. The van der Waals surface area contributed by atoms with E-state index in [4.69, 9.17) is 23.2 Å². The molecule has 2 heterocycles. The first-order chi connectivity index (χ1) is 14.3. The number of carbonyl (C=O) groups excluding carboxylic acids is 2. The topological polar surface area (TPSA) is 62.3 Å². The summed E-state index contributed by atoms with van der Waals surface area (Å²) in [5.41, 5.74) is 3.26. The van der Waals surface area contributed by atoms with E-state index in [2.05, 4.69) is 16.9 Å². The number of amides is 2. The van der Waals surface area contributed by atoms with Gasteiger partial charge in [-0.25, -0.2) is 0 Å². The fourth-order valence-electron chi connectivity index (χ4n) is 4.34. The summed E-state index contributed by atoms with van der Waals surface area (Å²) in [5, 5.41) is 4.13. The molecule has 2 aliphatic rings. The van der Waals surface area contributed by atoms with Crippen LogP contribution in [0.25, 0.3) is 5.57 Å². The number of halogens is 2. The van der Waals surface area contributed by atoms with Gasteiger partial charge in [0.15, 0.2) is 0 Å². The molecular weight excluding hydrogens is 421 g/mol. The summed E-state index contributed by atoms with van der Waals surface area (Å²) in [6.07, 6.45) is 5.11. The second kappa shape index (κ2) is 8.40. The molecule has 0 atom stereocenters. The largest absolute Gasteiger partial charge is 0.349 e. The van der Waals surface area contributed by atoms with Crippen LogP contribution < -0.4 is 10.2 Å². The third kappa shape index (κ3) is 3.96. The Labute approximate surface area is 186 Å². The third-order valence-corrected chi connectivity index (χ3v) is 6.52. The molecule has 156 valence electrons. The van der Waals surface area contributed by atoms with Crippen LogP contribution in [0.1, 0.15) is 47.3 Å². The van der Waals surface area contributed by atoms with Gasteiger partial charge in [-0.05, 0) is 50.7 Å². The van der Waals surface area contributed by atoms with Gasteiger partial charge in [0.05, 0.1) is 27.0 Å². The lowest BCUT2D eigenvalue weighted by Crippen LogP contribution is -2.40. The Bertz CT molecular complexity index is 1030. The molecule has 1 N–H and O–H groups in total. The Morgan fingerprint density at radius 1 is 1.27 bits per heavy atom. The number of aromatic nitrogens is 1. The lowest BCUT2D eigenvalue weighted by Gasteiger charge is -2.32. The molecule has 0 spiro atoms. The predicted octanol–water partition coefficient (Wildman–Crippen LogP) is 5.05. The van der Waals surface area contributed by atoms with E-state index in [1.807, 2.05) is 12.1 Å². The highest BCUT2D eigenvalue weighted by molar-refractivity contribution is 6.40. The summed E-state index contributed by atoms with van der Waals surface area (Å²) in [6.45, 7) is 6.35. The smallest absolute Gasteiger partial charge is 0.258 e. The molecule has 0 saturated heterocycles. The van der Waals surface area contributed by atoms with E-state index in [1.54, 1.807) is 24.0 Å². The van der Waals surface area contributed by atoms with E-state index >= 15 is 0 Å². The summed E-state index contributed by atoms with van der Waals surface area (Å²) in [6, 6.07) is 7.29. The van der Waals surface area contributed by atoms with Gasteiger partial charge < -0.3 is 10.2 Å². The SMILES string of the molecule is C=C1C(=O)N(C[C@H]2CC[C@H](NC(=O)c3cc(Cl)cnc3C)CC2)c2c(Cl)cccc21. The number of para-hydroxylation sites is 1. The Morgan fingerprint density at radius 2 is 2.00 bits per heavy atom. The lowest BCUT2D eigenvalue weighted by atomic mass is 9.85. The van der Waals surface area contributed by atoms with E-state index in [-0.39, 0.29) is 17.9 Å². The van der Waals surface area contributed by atoms with Crippen molar-refractivity contribution in [3.05, 3.63) is 63.9 Å². The van der Waals surface area contributed by atoms with Crippen molar-refractivity contribution in [1.29, 1.82) is 0 Å². The number of aryl methyl sites for hydroxylation is 1. The second-order valence-corrected chi connectivity index (χ2v) is 8.85. The molecule has 4 rings (SSSR count). The fraction of sp³-hybridized carbons (Fsp3) is 0.348. The van der Waals surface area contributed by atoms with Gasteiger partial charge in [-0.15, -0.1) is 0 Å². The van der Waals surface area contributed by atoms with E-state index in [0.717, 1.165) is 36.9 Å². The van der Waals surface area contributed by atoms with Gasteiger partial charge in [0.25, 0.3) is 11.8 Å². The van der Waals surface area contributed by atoms with Crippen LogP contribution >= 0.6 is 23.2 Å². The molecule has 30 heavy (non-hydrogen) atoms. The molecule has 2 aromatic rings. The van der Waals surface area contributed by atoms with Gasteiger partial charge >= 0.3 is 0 Å². The van der Waals surface area contributed by atoms with Gasteiger partial charge in [-0.1, -0.05) is 41.9 Å². The summed E-state index contributed by atoms with van der Waals surface area (Å²) in [5.74, 6) is 0.141. The molecule has 1 saturated carbocycles. The van der Waals surface area contributed by atoms with Crippen molar-refractivity contribution in [1.82, 2.24) is 10.3 Å². The highest BCUT2D eigenvalue weighted by atomic mass is 35.5. The van der Waals surface area contributed by atoms with Crippen molar-refractivity contribution >= 4 is 46.3 Å². The minimum absolute atomic E-state index is 0.0718.